The largest absolute Gasteiger partial charge is 0.507 e. The molecule has 2 saturated heterocycles. The van der Waals surface area contributed by atoms with Gasteiger partial charge in [-0.15, -0.1) is 0 Å². The molecule has 0 radical (unpaired) electrons. The van der Waals surface area contributed by atoms with Crippen LogP contribution < -0.4 is 14.2 Å². The summed E-state index contributed by atoms with van der Waals surface area (Å²) in [6.45, 7) is 9.13. The summed E-state index contributed by atoms with van der Waals surface area (Å²) < 4.78 is 22.6. The van der Waals surface area contributed by atoms with Gasteiger partial charge in [0.05, 0.1) is 38.5 Å². The number of likely N-dealkylation sites (tertiary alicyclic amines) is 1. The number of aliphatic hydroxyl groups is 1. The Kier molecular flexibility index (Phi) is 8.31. The lowest BCUT2D eigenvalue weighted by Crippen LogP contribution is -2.36. The van der Waals surface area contributed by atoms with E-state index in [9.17, 15) is 14.7 Å². The predicted molar refractivity (Wildman–Crippen MR) is 144 cm³/mol. The van der Waals surface area contributed by atoms with Crippen molar-refractivity contribution in [2.45, 2.75) is 58.6 Å². The molecule has 2 aliphatic heterocycles. The first-order valence-electron chi connectivity index (χ1n) is 13.1. The Labute approximate surface area is 224 Å². The number of aryl methyl sites for hydroxylation is 1. The Bertz CT molecular complexity index is 1240. The molecular weight excluding hydrogens is 486 g/mol. The van der Waals surface area contributed by atoms with Crippen molar-refractivity contribution < 1.29 is 33.6 Å². The maximum Gasteiger partial charge on any atom is 0.295 e. The van der Waals surface area contributed by atoms with Crippen molar-refractivity contribution in [1.82, 2.24) is 4.90 Å². The van der Waals surface area contributed by atoms with Crippen molar-refractivity contribution in [3.05, 3.63) is 58.2 Å². The summed E-state index contributed by atoms with van der Waals surface area (Å²) in [5, 5.41) is 11.7. The summed E-state index contributed by atoms with van der Waals surface area (Å²) in [6, 6.07) is 8.21. The van der Waals surface area contributed by atoms with E-state index in [0.29, 0.717) is 41.6 Å². The lowest BCUT2D eigenvalue weighted by atomic mass is 9.91. The van der Waals surface area contributed by atoms with Gasteiger partial charge < -0.3 is 29.0 Å². The molecule has 38 heavy (non-hydrogen) atoms. The molecule has 1 N–H and O–H groups in total. The zero-order chi connectivity index (χ0) is 27.6. The van der Waals surface area contributed by atoms with E-state index >= 15 is 0 Å². The normalized spacial score (nSPS) is 20.9. The van der Waals surface area contributed by atoms with Crippen LogP contribution in [0.1, 0.15) is 67.8 Å². The molecule has 8 nitrogen and oxygen atoms in total. The van der Waals surface area contributed by atoms with Crippen molar-refractivity contribution in [2.75, 3.05) is 34.0 Å². The van der Waals surface area contributed by atoms with Gasteiger partial charge in [-0.2, -0.15) is 0 Å². The first kappa shape index (κ1) is 27.5. The van der Waals surface area contributed by atoms with Crippen LogP contribution in [0.3, 0.4) is 0 Å². The summed E-state index contributed by atoms with van der Waals surface area (Å²) in [4.78, 5) is 28.5. The Morgan fingerprint density at radius 3 is 2.45 bits per heavy atom. The molecule has 0 saturated carbocycles. The fraction of sp³-hybridized carbons (Fsp3) is 0.467. The smallest absolute Gasteiger partial charge is 0.295 e. The predicted octanol–water partition coefficient (Wildman–Crippen LogP) is 5.14. The number of hydrogen-bond acceptors (Lipinski definition) is 7. The van der Waals surface area contributed by atoms with Crippen LogP contribution in [0.4, 0.5) is 0 Å². The number of nitrogens with zero attached hydrogens (tertiary/aromatic N) is 1. The van der Waals surface area contributed by atoms with Crippen LogP contribution in [0, 0.1) is 6.92 Å². The van der Waals surface area contributed by atoms with Crippen LogP contribution in [0.2, 0.25) is 0 Å². The number of ether oxygens (including phenoxy) is 4. The average molecular weight is 524 g/mol. The number of amides is 1. The maximum absolute atomic E-state index is 13.5. The Morgan fingerprint density at radius 2 is 1.84 bits per heavy atom. The highest BCUT2D eigenvalue weighted by Crippen LogP contribution is 2.43. The Hall–Kier alpha value is -3.52. The van der Waals surface area contributed by atoms with Crippen LogP contribution in [0.5, 0.6) is 17.2 Å². The fourth-order valence-corrected chi connectivity index (χ4v) is 5.28. The minimum atomic E-state index is -0.812. The van der Waals surface area contributed by atoms with Crippen LogP contribution in [0.15, 0.2) is 35.9 Å². The van der Waals surface area contributed by atoms with Gasteiger partial charge in [-0.3, -0.25) is 9.59 Å². The molecule has 2 unspecified atom stereocenters. The lowest BCUT2D eigenvalue weighted by molar-refractivity contribution is -0.140. The van der Waals surface area contributed by atoms with E-state index in [-0.39, 0.29) is 29.9 Å². The van der Waals surface area contributed by atoms with Gasteiger partial charge in [-0.25, -0.2) is 0 Å². The average Bonchev–Trinajstić information content (AvgIpc) is 3.50. The summed E-state index contributed by atoms with van der Waals surface area (Å²) in [6.07, 6.45) is 1.53. The molecule has 2 aromatic carbocycles. The molecule has 2 heterocycles. The molecule has 1 amide bonds. The van der Waals surface area contributed by atoms with Crippen molar-refractivity contribution in [2.24, 2.45) is 0 Å². The third-order valence-corrected chi connectivity index (χ3v) is 7.22. The molecule has 2 aliphatic rings. The number of rotatable bonds is 9. The Morgan fingerprint density at radius 1 is 1.11 bits per heavy atom. The number of hydrogen-bond donors (Lipinski definition) is 1. The second-order valence-corrected chi connectivity index (χ2v) is 9.99. The molecule has 2 aromatic rings. The molecule has 0 aliphatic carbocycles. The molecule has 2 fully saturated rings. The number of carbonyl (C=O) groups excluding carboxylic acids is 2. The second kappa shape index (κ2) is 11.5. The molecule has 0 aromatic heterocycles. The number of Topliss-reactive ketones (excluding diaryl/α,β-unsaturated/α-hetero) is 1. The summed E-state index contributed by atoms with van der Waals surface area (Å²) in [7, 11) is 3.15. The van der Waals surface area contributed by atoms with Gasteiger partial charge in [0, 0.05) is 18.7 Å². The minimum absolute atomic E-state index is 0.0437. The summed E-state index contributed by atoms with van der Waals surface area (Å²) in [5.74, 6) is 0.274. The Balaban J connectivity index is 1.91. The fourth-order valence-electron chi connectivity index (χ4n) is 5.28. The van der Waals surface area contributed by atoms with Gasteiger partial charge in [0.25, 0.3) is 11.7 Å². The number of benzene rings is 2. The molecule has 0 bridgehead atoms. The summed E-state index contributed by atoms with van der Waals surface area (Å²) in [5.41, 5.74) is 2.80. The van der Waals surface area contributed by atoms with E-state index in [0.717, 1.165) is 24.0 Å². The van der Waals surface area contributed by atoms with Crippen LogP contribution >= 0.6 is 0 Å². The van der Waals surface area contributed by atoms with Crippen molar-refractivity contribution in [1.29, 1.82) is 0 Å². The number of aliphatic hydroxyl groups excluding tert-OH is 1. The third-order valence-electron chi connectivity index (χ3n) is 7.22. The third kappa shape index (κ3) is 5.10. The highest BCUT2D eigenvalue weighted by atomic mass is 16.5. The molecule has 8 heteroatoms. The summed E-state index contributed by atoms with van der Waals surface area (Å²) >= 11 is 0. The van der Waals surface area contributed by atoms with Crippen LogP contribution in [0.25, 0.3) is 5.76 Å². The molecule has 4 rings (SSSR count). The highest BCUT2D eigenvalue weighted by Gasteiger charge is 2.47. The zero-order valence-electron chi connectivity index (χ0n) is 23.0. The van der Waals surface area contributed by atoms with E-state index in [4.69, 9.17) is 18.9 Å². The van der Waals surface area contributed by atoms with E-state index < -0.39 is 17.7 Å². The SMILES string of the molecule is CCOc1ccc(C2/C(=C(\O)c3cc(C(C)C)c(OC)cc3C)C(=O)C(=O)N2CC2CCCO2)cc1OC. The van der Waals surface area contributed by atoms with Gasteiger partial charge in [0.15, 0.2) is 11.5 Å². The second-order valence-electron chi connectivity index (χ2n) is 9.99. The molecule has 0 spiro atoms. The van der Waals surface area contributed by atoms with E-state index in [1.807, 2.05) is 39.8 Å². The zero-order valence-corrected chi connectivity index (χ0v) is 23.0. The van der Waals surface area contributed by atoms with Gasteiger partial charge in [-0.05, 0) is 73.6 Å². The standard InChI is InChI=1S/C30H37NO7/c1-7-37-23-11-10-19(14-25(23)36-6)27-26(29(33)30(34)31(27)16-20-9-8-12-38-20)28(32)22-15-21(17(2)3)24(35-5)13-18(22)4/h10-11,13-15,17,20,27,32H,7-9,12,16H2,1-6H3/b28-26+. The highest BCUT2D eigenvalue weighted by molar-refractivity contribution is 6.46. The number of methoxy groups -OCH3 is 2. The van der Waals surface area contributed by atoms with Crippen LogP contribution in [-0.4, -0.2) is 61.8 Å². The van der Waals surface area contributed by atoms with Gasteiger partial charge in [-0.1, -0.05) is 19.9 Å². The topological polar surface area (TPSA) is 94.5 Å². The van der Waals surface area contributed by atoms with Crippen molar-refractivity contribution >= 4 is 17.4 Å². The van der Waals surface area contributed by atoms with Crippen LogP contribution in [-0.2, 0) is 14.3 Å². The quantitative estimate of drug-likeness (QED) is 0.276. The molecule has 204 valence electrons. The van der Waals surface area contributed by atoms with E-state index in [2.05, 4.69) is 0 Å². The first-order chi connectivity index (χ1) is 18.2. The number of carbonyl (C=O) groups is 2. The lowest BCUT2D eigenvalue weighted by Gasteiger charge is -2.28. The minimum Gasteiger partial charge on any atom is -0.507 e. The van der Waals surface area contributed by atoms with Crippen molar-refractivity contribution in [3.8, 4) is 17.2 Å². The van der Waals surface area contributed by atoms with Gasteiger partial charge in [0.2, 0.25) is 0 Å². The molecular formula is C30H37NO7. The number of ketones is 1. The first-order valence-corrected chi connectivity index (χ1v) is 13.1. The van der Waals surface area contributed by atoms with Gasteiger partial charge >= 0.3 is 0 Å². The molecule has 2 atom stereocenters. The maximum atomic E-state index is 13.5. The van der Waals surface area contributed by atoms with E-state index in [1.54, 1.807) is 32.4 Å². The van der Waals surface area contributed by atoms with Gasteiger partial charge in [0.1, 0.15) is 11.5 Å². The monoisotopic (exact) mass is 523 g/mol. The van der Waals surface area contributed by atoms with E-state index in [1.165, 1.54) is 4.90 Å². The van der Waals surface area contributed by atoms with Crippen molar-refractivity contribution in [3.63, 3.8) is 0 Å².